The van der Waals surface area contributed by atoms with E-state index in [1.165, 1.54) is 39.0 Å². The van der Waals surface area contributed by atoms with Gasteiger partial charge in [-0.2, -0.15) is 0 Å². The van der Waals surface area contributed by atoms with Crippen LogP contribution in [-0.4, -0.2) is 12.3 Å². The quantitative estimate of drug-likeness (QED) is 0.339. The molecule has 1 heterocycles. The first-order chi connectivity index (χ1) is 19.7. The first-order valence-electron chi connectivity index (χ1n) is 14.2. The molecule has 0 saturated heterocycles. The summed E-state index contributed by atoms with van der Waals surface area (Å²) >= 11 is 0. The summed E-state index contributed by atoms with van der Waals surface area (Å²) in [6, 6.07) is 30.4. The Bertz CT molecular complexity index is 1720. The zero-order valence-corrected chi connectivity index (χ0v) is 22.5. The fourth-order valence-electron chi connectivity index (χ4n) is 7.12. The summed E-state index contributed by atoms with van der Waals surface area (Å²) in [5.74, 6) is 0.344. The molecule has 0 saturated carbocycles. The second-order valence-electron chi connectivity index (χ2n) is 11.5. The largest absolute Gasteiger partial charge is 0.311 e. The Balaban J connectivity index is 1.21. The Morgan fingerprint density at radius 3 is 2.20 bits per heavy atom. The molecule has 1 aliphatic heterocycles. The summed E-state index contributed by atoms with van der Waals surface area (Å²) in [6.45, 7) is 2.42. The lowest BCUT2D eigenvalue weighted by Crippen LogP contribution is -2.39. The minimum absolute atomic E-state index is 0.0740. The van der Waals surface area contributed by atoms with Crippen molar-refractivity contribution in [3.63, 3.8) is 0 Å². The number of fused-ring (bicyclic) bond motifs is 2. The fraction of sp³-hybridized carbons (Fsp3) is 0.132. The zero-order valence-electron chi connectivity index (χ0n) is 22.5. The Morgan fingerprint density at radius 1 is 0.775 bits per heavy atom. The molecule has 2 nitrogen and oxygen atoms in total. The van der Waals surface area contributed by atoms with Crippen LogP contribution in [0.3, 0.4) is 0 Å². The maximum Gasteiger partial charge on any atom is 0.0999 e. The summed E-state index contributed by atoms with van der Waals surface area (Å²) in [5, 5.41) is 0. The Morgan fingerprint density at radius 2 is 1.48 bits per heavy atom. The molecule has 8 rings (SSSR count). The third-order valence-electron chi connectivity index (χ3n) is 9.03. The summed E-state index contributed by atoms with van der Waals surface area (Å²) in [6.07, 6.45) is 21.6. The molecule has 0 fully saturated rings. The molecular formula is C38H30N2. The van der Waals surface area contributed by atoms with Gasteiger partial charge in [0.1, 0.15) is 0 Å². The molecule has 0 radical (unpaired) electrons. The van der Waals surface area contributed by atoms with Gasteiger partial charge in [-0.1, -0.05) is 91.9 Å². The molecule has 3 aromatic carbocycles. The van der Waals surface area contributed by atoms with E-state index in [9.17, 15) is 0 Å². The lowest BCUT2D eigenvalue weighted by Gasteiger charge is -2.48. The number of hydrogen-bond donors (Lipinski definition) is 0. The summed E-state index contributed by atoms with van der Waals surface area (Å²) < 4.78 is 0. The van der Waals surface area contributed by atoms with Gasteiger partial charge in [0, 0.05) is 34.6 Å². The number of aliphatic imine (C=N–C) groups is 1. The molecule has 192 valence electrons. The highest BCUT2D eigenvalue weighted by molar-refractivity contribution is 5.86. The smallest absolute Gasteiger partial charge is 0.0999 e. The molecule has 0 aromatic heterocycles. The number of rotatable bonds is 4. The van der Waals surface area contributed by atoms with Crippen LogP contribution in [0, 0.1) is 11.3 Å². The van der Waals surface area contributed by atoms with E-state index in [2.05, 4.69) is 145 Å². The topological polar surface area (TPSA) is 15.6 Å². The highest BCUT2D eigenvalue weighted by Crippen LogP contribution is 2.58. The van der Waals surface area contributed by atoms with Crippen molar-refractivity contribution in [3.8, 4) is 0 Å². The van der Waals surface area contributed by atoms with Crippen molar-refractivity contribution in [1.29, 1.82) is 0 Å². The van der Waals surface area contributed by atoms with Crippen molar-refractivity contribution >= 4 is 28.8 Å². The Kier molecular flexibility index (Phi) is 5.18. The minimum Gasteiger partial charge on any atom is -0.311 e. The molecule has 2 heteroatoms. The van der Waals surface area contributed by atoms with E-state index in [0.29, 0.717) is 5.92 Å². The van der Waals surface area contributed by atoms with Crippen molar-refractivity contribution in [2.24, 2.45) is 16.3 Å². The Hall–Kier alpha value is -4.69. The standard InChI is InChI=1S/C38H30N2/c1-38-22-20-32(33-19-16-27-25-28-9-8-24-39-37(28)34(21-23-38)35(27)36(33)38)26-14-17-31(18-15-26)40(29-10-4-2-5-11-29)30-12-6-3-7-13-30/h2-22,24-25,36-37H,23H2,1H3/t36?,37?,38-/m0/s1. The number of anilines is 3. The van der Waals surface area contributed by atoms with Gasteiger partial charge in [0.2, 0.25) is 0 Å². The molecule has 40 heavy (non-hydrogen) atoms. The van der Waals surface area contributed by atoms with Crippen molar-refractivity contribution in [2.45, 2.75) is 19.4 Å². The van der Waals surface area contributed by atoms with E-state index in [0.717, 1.165) is 23.5 Å². The molecule has 0 N–H and O–H groups in total. The van der Waals surface area contributed by atoms with Gasteiger partial charge in [0.05, 0.1) is 6.04 Å². The lowest BCUT2D eigenvalue weighted by molar-refractivity contribution is 0.322. The zero-order chi connectivity index (χ0) is 26.7. The van der Waals surface area contributed by atoms with Crippen LogP contribution in [0.2, 0.25) is 0 Å². The molecule has 3 aromatic rings. The van der Waals surface area contributed by atoms with Gasteiger partial charge < -0.3 is 4.90 Å². The van der Waals surface area contributed by atoms with Crippen molar-refractivity contribution in [3.05, 3.63) is 167 Å². The predicted molar refractivity (Wildman–Crippen MR) is 167 cm³/mol. The molecule has 4 aliphatic carbocycles. The maximum atomic E-state index is 4.89. The van der Waals surface area contributed by atoms with E-state index < -0.39 is 0 Å². The summed E-state index contributed by atoms with van der Waals surface area (Å²) in [4.78, 5) is 7.20. The molecule has 3 atom stereocenters. The fourth-order valence-corrected chi connectivity index (χ4v) is 7.12. The number of allylic oxidation sites excluding steroid dienone is 10. The normalized spacial score (nSPS) is 25.3. The number of hydrogen-bond acceptors (Lipinski definition) is 2. The van der Waals surface area contributed by atoms with Gasteiger partial charge in [0.15, 0.2) is 0 Å². The van der Waals surface area contributed by atoms with Gasteiger partial charge in [-0.25, -0.2) is 0 Å². The van der Waals surface area contributed by atoms with Crippen LogP contribution in [0.15, 0.2) is 166 Å². The van der Waals surface area contributed by atoms with Crippen LogP contribution < -0.4 is 4.90 Å². The molecule has 0 bridgehead atoms. The van der Waals surface area contributed by atoms with Crippen molar-refractivity contribution in [2.75, 3.05) is 4.90 Å². The number of nitrogens with zero attached hydrogens (tertiary/aromatic N) is 2. The van der Waals surface area contributed by atoms with Gasteiger partial charge in [-0.15, -0.1) is 0 Å². The van der Waals surface area contributed by atoms with E-state index >= 15 is 0 Å². The van der Waals surface area contributed by atoms with E-state index in [1.807, 2.05) is 6.21 Å². The van der Waals surface area contributed by atoms with Gasteiger partial charge in [-0.3, -0.25) is 4.99 Å². The van der Waals surface area contributed by atoms with Crippen molar-refractivity contribution < 1.29 is 0 Å². The van der Waals surface area contributed by atoms with Gasteiger partial charge in [-0.05, 0) is 94.0 Å². The second-order valence-corrected chi connectivity index (χ2v) is 11.5. The SMILES string of the molecule is C[C@]12C=CC(c3ccc(N(c4ccccc4)c4ccccc4)cc3)=C3C=CC4=C(C(=CC1)C1N=CC=CC1=C4)C32. The number of dihydropyridines is 1. The molecule has 0 amide bonds. The van der Waals surface area contributed by atoms with Crippen LogP contribution in [0.25, 0.3) is 5.57 Å². The summed E-state index contributed by atoms with van der Waals surface area (Å²) in [7, 11) is 0. The Labute approximate surface area is 236 Å². The predicted octanol–water partition coefficient (Wildman–Crippen LogP) is 9.25. The van der Waals surface area contributed by atoms with Crippen molar-refractivity contribution in [1.82, 2.24) is 0 Å². The highest BCUT2D eigenvalue weighted by atomic mass is 15.1. The van der Waals surface area contributed by atoms with Crippen LogP contribution in [0.4, 0.5) is 17.1 Å². The third-order valence-corrected chi connectivity index (χ3v) is 9.03. The van der Waals surface area contributed by atoms with Crippen LogP contribution in [0.1, 0.15) is 18.9 Å². The maximum absolute atomic E-state index is 4.89. The average molecular weight is 515 g/mol. The van der Waals surface area contributed by atoms with Crippen LogP contribution in [-0.2, 0) is 0 Å². The second kappa shape index (κ2) is 8.93. The first-order valence-corrected chi connectivity index (χ1v) is 14.2. The number of benzene rings is 3. The minimum atomic E-state index is 0.0740. The van der Waals surface area contributed by atoms with E-state index in [-0.39, 0.29) is 11.5 Å². The molecule has 0 spiro atoms. The van der Waals surface area contributed by atoms with Crippen LogP contribution in [0.5, 0.6) is 0 Å². The monoisotopic (exact) mass is 514 g/mol. The molecule has 2 unspecified atom stereocenters. The number of para-hydroxylation sites is 2. The lowest BCUT2D eigenvalue weighted by atomic mass is 9.55. The third kappa shape index (κ3) is 3.53. The average Bonchev–Trinajstić information content (AvgIpc) is 3.01. The first kappa shape index (κ1) is 23.2. The highest BCUT2D eigenvalue weighted by Gasteiger charge is 2.47. The molecular weight excluding hydrogens is 484 g/mol. The van der Waals surface area contributed by atoms with Gasteiger partial charge >= 0.3 is 0 Å². The van der Waals surface area contributed by atoms with E-state index in [4.69, 9.17) is 4.99 Å². The van der Waals surface area contributed by atoms with Crippen LogP contribution >= 0.6 is 0 Å². The molecule has 5 aliphatic rings. The van der Waals surface area contributed by atoms with Gasteiger partial charge in [0.25, 0.3) is 0 Å². The van der Waals surface area contributed by atoms with E-state index in [1.54, 1.807) is 0 Å². The summed E-state index contributed by atoms with van der Waals surface area (Å²) in [5.41, 5.74) is 13.1.